The van der Waals surface area contributed by atoms with Crippen molar-refractivity contribution in [2.75, 3.05) is 23.7 Å². The standard InChI is InChI=1S/C17H22N2O/c1-12-4-6-16(13(2)10-12)18-8-9-19-17-7-5-15(20)11-14(17)3/h4-7,10-11,18-20H,8-9H2,1-3H3. The lowest BCUT2D eigenvalue weighted by molar-refractivity contribution is 0.475. The Morgan fingerprint density at radius 3 is 1.90 bits per heavy atom. The molecule has 0 bridgehead atoms. The van der Waals surface area contributed by atoms with Crippen molar-refractivity contribution in [3.8, 4) is 5.75 Å². The molecule has 2 aromatic rings. The number of anilines is 2. The number of phenols is 1. The molecule has 0 aliphatic heterocycles. The van der Waals surface area contributed by atoms with Crippen LogP contribution in [0.15, 0.2) is 36.4 Å². The lowest BCUT2D eigenvalue weighted by atomic mass is 10.1. The van der Waals surface area contributed by atoms with Crippen molar-refractivity contribution in [3.63, 3.8) is 0 Å². The maximum absolute atomic E-state index is 9.37. The van der Waals surface area contributed by atoms with Crippen LogP contribution < -0.4 is 10.6 Å². The van der Waals surface area contributed by atoms with Gasteiger partial charge in [-0.05, 0) is 56.2 Å². The van der Waals surface area contributed by atoms with Gasteiger partial charge in [-0.2, -0.15) is 0 Å². The number of hydrogen-bond donors (Lipinski definition) is 3. The minimum Gasteiger partial charge on any atom is -0.508 e. The molecule has 3 nitrogen and oxygen atoms in total. The Kier molecular flexibility index (Phi) is 4.51. The highest BCUT2D eigenvalue weighted by atomic mass is 16.3. The monoisotopic (exact) mass is 270 g/mol. The first-order valence-electron chi connectivity index (χ1n) is 6.91. The van der Waals surface area contributed by atoms with E-state index in [0.717, 1.165) is 24.3 Å². The summed E-state index contributed by atoms with van der Waals surface area (Å²) in [4.78, 5) is 0. The maximum Gasteiger partial charge on any atom is 0.115 e. The van der Waals surface area contributed by atoms with Gasteiger partial charge in [-0.15, -0.1) is 0 Å². The van der Waals surface area contributed by atoms with Crippen molar-refractivity contribution in [1.82, 2.24) is 0 Å². The third-order valence-corrected chi connectivity index (χ3v) is 3.35. The quantitative estimate of drug-likeness (QED) is 0.571. The average Bonchev–Trinajstić information content (AvgIpc) is 2.39. The summed E-state index contributed by atoms with van der Waals surface area (Å²) in [6, 6.07) is 11.8. The zero-order valence-corrected chi connectivity index (χ0v) is 12.3. The molecule has 0 aromatic heterocycles. The minimum atomic E-state index is 0.307. The zero-order valence-electron chi connectivity index (χ0n) is 12.3. The molecule has 0 amide bonds. The molecule has 2 rings (SSSR count). The Morgan fingerprint density at radius 2 is 1.35 bits per heavy atom. The maximum atomic E-state index is 9.37. The first-order chi connectivity index (χ1) is 9.56. The third kappa shape index (κ3) is 3.67. The molecule has 0 unspecified atom stereocenters. The van der Waals surface area contributed by atoms with Crippen LogP contribution in [0.25, 0.3) is 0 Å². The lowest BCUT2D eigenvalue weighted by Gasteiger charge is -2.13. The van der Waals surface area contributed by atoms with Gasteiger partial charge in [0.25, 0.3) is 0 Å². The van der Waals surface area contributed by atoms with Gasteiger partial charge in [0, 0.05) is 24.5 Å². The van der Waals surface area contributed by atoms with Crippen molar-refractivity contribution < 1.29 is 5.11 Å². The fourth-order valence-corrected chi connectivity index (χ4v) is 2.25. The second-order valence-corrected chi connectivity index (χ2v) is 5.17. The highest BCUT2D eigenvalue weighted by Crippen LogP contribution is 2.20. The fraction of sp³-hybridized carbons (Fsp3) is 0.294. The van der Waals surface area contributed by atoms with Crippen LogP contribution in [0.5, 0.6) is 5.75 Å². The molecule has 106 valence electrons. The Hall–Kier alpha value is -2.16. The van der Waals surface area contributed by atoms with E-state index in [1.165, 1.54) is 16.8 Å². The van der Waals surface area contributed by atoms with Gasteiger partial charge in [-0.3, -0.25) is 0 Å². The molecule has 0 fully saturated rings. The number of rotatable bonds is 5. The molecule has 0 aliphatic carbocycles. The van der Waals surface area contributed by atoms with Gasteiger partial charge in [0.05, 0.1) is 0 Å². The van der Waals surface area contributed by atoms with E-state index in [2.05, 4.69) is 42.7 Å². The summed E-state index contributed by atoms with van der Waals surface area (Å²) >= 11 is 0. The van der Waals surface area contributed by atoms with Gasteiger partial charge in [0.1, 0.15) is 5.75 Å². The summed E-state index contributed by atoms with van der Waals surface area (Å²) in [5.41, 5.74) is 5.85. The first kappa shape index (κ1) is 14.3. The van der Waals surface area contributed by atoms with E-state index in [-0.39, 0.29) is 0 Å². The number of aryl methyl sites for hydroxylation is 3. The van der Waals surface area contributed by atoms with Crippen LogP contribution >= 0.6 is 0 Å². The summed E-state index contributed by atoms with van der Waals surface area (Å²) in [6.45, 7) is 7.89. The Labute approximate surface area is 120 Å². The van der Waals surface area contributed by atoms with Crippen LogP contribution in [0.1, 0.15) is 16.7 Å². The smallest absolute Gasteiger partial charge is 0.115 e. The molecule has 20 heavy (non-hydrogen) atoms. The van der Waals surface area contributed by atoms with Gasteiger partial charge in [-0.1, -0.05) is 17.7 Å². The molecule has 0 aliphatic rings. The van der Waals surface area contributed by atoms with E-state index in [1.807, 2.05) is 13.0 Å². The Morgan fingerprint density at radius 1 is 0.800 bits per heavy atom. The average molecular weight is 270 g/mol. The highest BCUT2D eigenvalue weighted by Gasteiger charge is 2.00. The van der Waals surface area contributed by atoms with Gasteiger partial charge in [0.15, 0.2) is 0 Å². The number of aromatic hydroxyl groups is 1. The van der Waals surface area contributed by atoms with Gasteiger partial charge in [-0.25, -0.2) is 0 Å². The Bertz CT molecular complexity index is 540. The van der Waals surface area contributed by atoms with E-state index in [1.54, 1.807) is 12.1 Å². The molecule has 0 radical (unpaired) electrons. The zero-order chi connectivity index (χ0) is 14.5. The normalized spacial score (nSPS) is 10.3. The second kappa shape index (κ2) is 6.33. The van der Waals surface area contributed by atoms with Crippen LogP contribution in [0.2, 0.25) is 0 Å². The fourth-order valence-electron chi connectivity index (χ4n) is 2.25. The summed E-state index contributed by atoms with van der Waals surface area (Å²) in [6.07, 6.45) is 0. The van der Waals surface area contributed by atoms with Crippen LogP contribution in [0.4, 0.5) is 11.4 Å². The molecular formula is C17H22N2O. The number of phenolic OH excluding ortho intramolecular Hbond substituents is 1. The molecule has 2 aromatic carbocycles. The van der Waals surface area contributed by atoms with E-state index in [4.69, 9.17) is 0 Å². The van der Waals surface area contributed by atoms with Crippen molar-refractivity contribution in [2.45, 2.75) is 20.8 Å². The predicted molar refractivity (Wildman–Crippen MR) is 85.7 cm³/mol. The van der Waals surface area contributed by atoms with E-state index in [9.17, 15) is 5.11 Å². The van der Waals surface area contributed by atoms with Gasteiger partial charge >= 0.3 is 0 Å². The highest BCUT2D eigenvalue weighted by molar-refractivity contribution is 5.54. The molecule has 0 atom stereocenters. The van der Waals surface area contributed by atoms with Crippen molar-refractivity contribution in [2.24, 2.45) is 0 Å². The first-order valence-corrected chi connectivity index (χ1v) is 6.91. The summed E-state index contributed by atoms with van der Waals surface area (Å²) in [5, 5.41) is 16.2. The molecule has 0 saturated carbocycles. The number of benzene rings is 2. The largest absolute Gasteiger partial charge is 0.508 e. The van der Waals surface area contributed by atoms with E-state index < -0.39 is 0 Å². The van der Waals surface area contributed by atoms with E-state index in [0.29, 0.717) is 5.75 Å². The summed E-state index contributed by atoms with van der Waals surface area (Å²) < 4.78 is 0. The second-order valence-electron chi connectivity index (χ2n) is 5.17. The van der Waals surface area contributed by atoms with Crippen LogP contribution in [0, 0.1) is 20.8 Å². The van der Waals surface area contributed by atoms with Crippen molar-refractivity contribution >= 4 is 11.4 Å². The SMILES string of the molecule is Cc1ccc(NCCNc2ccc(O)cc2C)c(C)c1. The molecule has 0 heterocycles. The van der Waals surface area contributed by atoms with Crippen LogP contribution in [-0.4, -0.2) is 18.2 Å². The van der Waals surface area contributed by atoms with Crippen LogP contribution in [0.3, 0.4) is 0 Å². The number of nitrogens with one attached hydrogen (secondary N) is 2. The molecule has 3 N–H and O–H groups in total. The van der Waals surface area contributed by atoms with Crippen molar-refractivity contribution in [1.29, 1.82) is 0 Å². The van der Waals surface area contributed by atoms with E-state index >= 15 is 0 Å². The number of hydrogen-bond acceptors (Lipinski definition) is 3. The predicted octanol–water partition coefficient (Wildman–Crippen LogP) is 3.84. The topological polar surface area (TPSA) is 44.3 Å². The molecular weight excluding hydrogens is 248 g/mol. The summed E-state index contributed by atoms with van der Waals surface area (Å²) in [7, 11) is 0. The third-order valence-electron chi connectivity index (χ3n) is 3.35. The van der Waals surface area contributed by atoms with Gasteiger partial charge < -0.3 is 15.7 Å². The molecule has 0 spiro atoms. The summed E-state index contributed by atoms with van der Waals surface area (Å²) in [5.74, 6) is 0.307. The van der Waals surface area contributed by atoms with Crippen LogP contribution in [-0.2, 0) is 0 Å². The molecule has 3 heteroatoms. The Balaban J connectivity index is 1.84. The molecule has 0 saturated heterocycles. The van der Waals surface area contributed by atoms with Gasteiger partial charge in [0.2, 0.25) is 0 Å². The van der Waals surface area contributed by atoms with Crippen molar-refractivity contribution in [3.05, 3.63) is 53.1 Å². The lowest BCUT2D eigenvalue weighted by Crippen LogP contribution is -2.14. The minimum absolute atomic E-state index is 0.307.